The van der Waals surface area contributed by atoms with Gasteiger partial charge in [-0.05, 0) is 65.8 Å². The number of amides is 2. The fourth-order valence-electron chi connectivity index (χ4n) is 3.36. The lowest BCUT2D eigenvalue weighted by atomic mass is 10.1. The van der Waals surface area contributed by atoms with Crippen molar-refractivity contribution in [1.29, 1.82) is 0 Å². The maximum atomic E-state index is 13.0. The topological polar surface area (TPSA) is 80.6 Å². The summed E-state index contributed by atoms with van der Waals surface area (Å²) in [6.07, 6.45) is 4.17. The van der Waals surface area contributed by atoms with Crippen LogP contribution in [-0.4, -0.2) is 39.1 Å². The van der Waals surface area contributed by atoms with Crippen molar-refractivity contribution in [3.05, 3.63) is 77.5 Å². The highest BCUT2D eigenvalue weighted by Crippen LogP contribution is 2.24. The molecule has 1 heterocycles. The minimum Gasteiger partial charge on any atom is -0.443 e. The molecule has 7 nitrogen and oxygen atoms in total. The first-order valence-electron chi connectivity index (χ1n) is 11.2. The Hall–Kier alpha value is -3.87. The van der Waals surface area contributed by atoms with Crippen molar-refractivity contribution in [3.63, 3.8) is 0 Å². The maximum absolute atomic E-state index is 13.0. The molecule has 0 bridgehead atoms. The van der Waals surface area contributed by atoms with Crippen molar-refractivity contribution in [2.45, 2.75) is 53.2 Å². The monoisotopic (exact) mass is 461 g/mol. The van der Waals surface area contributed by atoms with Gasteiger partial charge < -0.3 is 4.74 Å². The van der Waals surface area contributed by atoms with Crippen molar-refractivity contribution in [2.75, 3.05) is 0 Å². The Bertz CT molecular complexity index is 1230. The molecule has 178 valence electrons. The van der Waals surface area contributed by atoms with E-state index in [1.165, 1.54) is 15.7 Å². The van der Waals surface area contributed by atoms with Gasteiger partial charge in [-0.3, -0.25) is 19.6 Å². The van der Waals surface area contributed by atoms with Crippen LogP contribution in [-0.2, 0) is 9.53 Å². The number of benzene rings is 2. The second kappa shape index (κ2) is 9.95. The molecule has 2 aromatic carbocycles. The van der Waals surface area contributed by atoms with E-state index < -0.39 is 11.7 Å². The third-order valence-corrected chi connectivity index (χ3v) is 5.03. The van der Waals surface area contributed by atoms with E-state index in [0.29, 0.717) is 16.6 Å². The molecule has 0 atom stereocenters. The Balaban J connectivity index is 1.84. The molecule has 0 aliphatic carbocycles. The lowest BCUT2D eigenvalue weighted by molar-refractivity contribution is -0.130. The predicted molar refractivity (Wildman–Crippen MR) is 133 cm³/mol. The molecular formula is C27H31N3O4. The lowest BCUT2D eigenvalue weighted by Crippen LogP contribution is -2.49. The zero-order valence-corrected chi connectivity index (χ0v) is 20.5. The van der Waals surface area contributed by atoms with Gasteiger partial charge in [0.05, 0.1) is 5.52 Å². The highest BCUT2D eigenvalue weighted by atomic mass is 16.6. The van der Waals surface area contributed by atoms with Crippen LogP contribution in [0.5, 0.6) is 0 Å². The fourth-order valence-corrected chi connectivity index (χ4v) is 3.36. The van der Waals surface area contributed by atoms with Crippen LogP contribution < -0.4 is 5.43 Å². The molecule has 0 fully saturated rings. The molecule has 0 radical (unpaired) electrons. The number of nitrogens with one attached hydrogen (secondary N) is 1. The second-order valence-corrected chi connectivity index (χ2v) is 9.39. The lowest BCUT2D eigenvalue weighted by Gasteiger charge is -2.26. The van der Waals surface area contributed by atoms with Crippen LogP contribution in [0.4, 0.5) is 4.79 Å². The van der Waals surface area contributed by atoms with Gasteiger partial charge in [-0.2, -0.15) is 0 Å². The van der Waals surface area contributed by atoms with Crippen molar-refractivity contribution < 1.29 is 19.1 Å². The van der Waals surface area contributed by atoms with Gasteiger partial charge in [-0.1, -0.05) is 35.9 Å². The standard InChI is InChI=1S/C27H31N3O4/c1-18(2)30(28-25(32)20-13-11-19(3)12-14-20)24(31)16-15-21-17-29(26(33)34-27(4,5)6)23-10-8-7-9-22(21)23/h7-18H,1-6H3,(H,28,32). The van der Waals surface area contributed by atoms with E-state index in [-0.39, 0.29) is 17.9 Å². The van der Waals surface area contributed by atoms with Crippen LogP contribution in [0, 0.1) is 6.92 Å². The van der Waals surface area contributed by atoms with Crippen LogP contribution in [0.3, 0.4) is 0 Å². The Morgan fingerprint density at radius 3 is 2.29 bits per heavy atom. The third-order valence-electron chi connectivity index (χ3n) is 5.03. The maximum Gasteiger partial charge on any atom is 0.419 e. The number of nitrogens with zero attached hydrogens (tertiary/aromatic N) is 2. The smallest absolute Gasteiger partial charge is 0.419 e. The molecule has 0 unspecified atom stereocenters. The van der Waals surface area contributed by atoms with E-state index in [1.54, 1.807) is 24.4 Å². The van der Waals surface area contributed by atoms with E-state index in [1.807, 2.05) is 77.9 Å². The number of hydrogen-bond donors (Lipinski definition) is 1. The summed E-state index contributed by atoms with van der Waals surface area (Å²) in [7, 11) is 0. The first kappa shape index (κ1) is 24.8. The first-order chi connectivity index (χ1) is 16.0. The summed E-state index contributed by atoms with van der Waals surface area (Å²) >= 11 is 0. The summed E-state index contributed by atoms with van der Waals surface area (Å²) in [5, 5.41) is 2.09. The Kier molecular flexibility index (Phi) is 7.25. The number of aryl methyl sites for hydroxylation is 1. The molecule has 7 heteroatoms. The summed E-state index contributed by atoms with van der Waals surface area (Å²) in [6, 6.07) is 14.2. The largest absolute Gasteiger partial charge is 0.443 e. The number of aromatic nitrogens is 1. The molecule has 2 amide bonds. The van der Waals surface area contributed by atoms with Gasteiger partial charge >= 0.3 is 6.09 Å². The van der Waals surface area contributed by atoms with Crippen molar-refractivity contribution in [2.24, 2.45) is 0 Å². The summed E-state index contributed by atoms with van der Waals surface area (Å²) in [5.41, 5.74) is 4.92. The van der Waals surface area contributed by atoms with Gasteiger partial charge in [0.2, 0.25) is 0 Å². The highest BCUT2D eigenvalue weighted by molar-refractivity contribution is 6.01. The van der Waals surface area contributed by atoms with Crippen molar-refractivity contribution in [1.82, 2.24) is 15.0 Å². The van der Waals surface area contributed by atoms with E-state index in [2.05, 4.69) is 5.43 Å². The molecule has 0 saturated carbocycles. The van der Waals surface area contributed by atoms with Crippen molar-refractivity contribution >= 4 is 34.9 Å². The molecule has 3 rings (SSSR count). The average Bonchev–Trinajstić information content (AvgIpc) is 3.14. The molecule has 0 aliphatic rings. The van der Waals surface area contributed by atoms with Gasteiger partial charge in [0.25, 0.3) is 11.8 Å². The fraction of sp³-hybridized carbons (Fsp3) is 0.296. The summed E-state index contributed by atoms with van der Waals surface area (Å²) in [4.78, 5) is 38.3. The zero-order chi connectivity index (χ0) is 25.0. The summed E-state index contributed by atoms with van der Waals surface area (Å²) in [6.45, 7) is 11.0. The van der Waals surface area contributed by atoms with Crippen LogP contribution in [0.25, 0.3) is 17.0 Å². The van der Waals surface area contributed by atoms with Crippen LogP contribution >= 0.6 is 0 Å². The number of carbonyl (C=O) groups excluding carboxylic acids is 3. The van der Waals surface area contributed by atoms with Crippen molar-refractivity contribution in [3.8, 4) is 0 Å². The number of fused-ring (bicyclic) bond motifs is 1. The molecule has 0 spiro atoms. The second-order valence-electron chi connectivity index (χ2n) is 9.39. The highest BCUT2D eigenvalue weighted by Gasteiger charge is 2.21. The number of carbonyl (C=O) groups is 3. The number of hydrazine groups is 1. The molecule has 0 saturated heterocycles. The van der Waals surface area contributed by atoms with E-state index >= 15 is 0 Å². The van der Waals surface area contributed by atoms with Gasteiger partial charge in [-0.15, -0.1) is 0 Å². The first-order valence-corrected chi connectivity index (χ1v) is 11.2. The molecule has 0 aliphatic heterocycles. The van der Waals surface area contributed by atoms with Gasteiger partial charge in [0.15, 0.2) is 0 Å². The molecule has 1 aromatic heterocycles. The van der Waals surface area contributed by atoms with E-state index in [4.69, 9.17) is 4.74 Å². The number of ether oxygens (including phenoxy) is 1. The Morgan fingerprint density at radius 1 is 1.03 bits per heavy atom. The minimum atomic E-state index is -0.637. The molecule has 1 N–H and O–H groups in total. The van der Waals surface area contributed by atoms with Crippen LogP contribution in [0.2, 0.25) is 0 Å². The molecular weight excluding hydrogens is 430 g/mol. The number of rotatable bonds is 4. The average molecular weight is 462 g/mol. The van der Waals surface area contributed by atoms with Gasteiger partial charge in [0, 0.05) is 34.8 Å². The normalized spacial score (nSPS) is 11.7. The molecule has 34 heavy (non-hydrogen) atoms. The number of hydrogen-bond acceptors (Lipinski definition) is 4. The van der Waals surface area contributed by atoms with Crippen LogP contribution in [0.1, 0.15) is 56.1 Å². The quantitative estimate of drug-likeness (QED) is 0.421. The summed E-state index contributed by atoms with van der Waals surface area (Å²) in [5.74, 6) is -0.749. The third kappa shape index (κ3) is 5.92. The SMILES string of the molecule is Cc1ccc(C(=O)NN(C(=O)C=Cc2cn(C(=O)OC(C)(C)C)c3ccccc23)C(C)C)cc1. The van der Waals surface area contributed by atoms with Crippen LogP contribution in [0.15, 0.2) is 60.8 Å². The minimum absolute atomic E-state index is 0.269. The number of para-hydroxylation sites is 1. The van der Waals surface area contributed by atoms with E-state index in [9.17, 15) is 14.4 Å². The molecule has 3 aromatic rings. The van der Waals surface area contributed by atoms with Gasteiger partial charge in [-0.25, -0.2) is 9.80 Å². The van der Waals surface area contributed by atoms with Gasteiger partial charge in [0.1, 0.15) is 5.60 Å². The zero-order valence-electron chi connectivity index (χ0n) is 20.5. The predicted octanol–water partition coefficient (Wildman–Crippen LogP) is 5.33. The summed E-state index contributed by atoms with van der Waals surface area (Å²) < 4.78 is 6.95. The van der Waals surface area contributed by atoms with E-state index in [0.717, 1.165) is 10.9 Å². The Labute approximate surface area is 200 Å². The Morgan fingerprint density at radius 2 is 1.68 bits per heavy atom.